The van der Waals surface area contributed by atoms with Crippen LogP contribution in [0, 0.1) is 0 Å². The second kappa shape index (κ2) is 3.30. The number of halogens is 1. The predicted octanol–water partition coefficient (Wildman–Crippen LogP) is 0.451. The lowest BCUT2D eigenvalue weighted by molar-refractivity contribution is 0.139. The van der Waals surface area contributed by atoms with Crippen LogP contribution in [0.15, 0.2) is 0 Å². The highest BCUT2D eigenvalue weighted by molar-refractivity contribution is 7.99. The second-order valence-corrected chi connectivity index (χ2v) is 4.03. The van der Waals surface area contributed by atoms with Crippen molar-refractivity contribution in [1.82, 2.24) is 0 Å². The standard InChI is InChI=1S/C6H11ClO2S/c1-10-6-4(9)2-3(8)5(6)7/h3-6,8-9H,2H2,1H3/t3-,4+,5+,6+/m1/s1. The molecule has 1 rings (SSSR count). The summed E-state index contributed by atoms with van der Waals surface area (Å²) in [4.78, 5) is 0. The van der Waals surface area contributed by atoms with Gasteiger partial charge in [-0.2, -0.15) is 11.8 Å². The molecule has 0 aromatic carbocycles. The first-order chi connectivity index (χ1) is 4.66. The maximum atomic E-state index is 9.26. The van der Waals surface area contributed by atoms with Gasteiger partial charge >= 0.3 is 0 Å². The van der Waals surface area contributed by atoms with Gasteiger partial charge in [0, 0.05) is 11.7 Å². The molecule has 0 aliphatic heterocycles. The summed E-state index contributed by atoms with van der Waals surface area (Å²) in [7, 11) is 0. The number of thioether (sulfide) groups is 1. The quantitative estimate of drug-likeness (QED) is 0.579. The molecule has 60 valence electrons. The highest BCUT2D eigenvalue weighted by Gasteiger charge is 2.39. The minimum absolute atomic E-state index is 0.00309. The van der Waals surface area contributed by atoms with Crippen LogP contribution in [0.2, 0.25) is 0 Å². The Bertz CT molecular complexity index is 122. The molecular weight excluding hydrogens is 172 g/mol. The van der Waals surface area contributed by atoms with Crippen molar-refractivity contribution in [2.75, 3.05) is 6.26 Å². The van der Waals surface area contributed by atoms with Crippen LogP contribution in [0.4, 0.5) is 0 Å². The molecule has 0 heterocycles. The molecule has 0 amide bonds. The van der Waals surface area contributed by atoms with Crippen LogP contribution in [0.1, 0.15) is 6.42 Å². The molecule has 2 N–H and O–H groups in total. The Balaban J connectivity index is 2.55. The van der Waals surface area contributed by atoms with E-state index >= 15 is 0 Å². The zero-order valence-electron chi connectivity index (χ0n) is 5.70. The van der Waals surface area contributed by atoms with Gasteiger partial charge in [0.1, 0.15) is 0 Å². The van der Waals surface area contributed by atoms with E-state index in [0.29, 0.717) is 6.42 Å². The Morgan fingerprint density at radius 3 is 2.20 bits per heavy atom. The Hall–Kier alpha value is 0.560. The summed E-state index contributed by atoms with van der Waals surface area (Å²) in [6.45, 7) is 0. The van der Waals surface area contributed by atoms with Crippen molar-refractivity contribution in [2.45, 2.75) is 29.3 Å². The van der Waals surface area contributed by atoms with Gasteiger partial charge in [0.05, 0.1) is 17.6 Å². The lowest BCUT2D eigenvalue weighted by Gasteiger charge is -2.14. The minimum atomic E-state index is -0.533. The summed E-state index contributed by atoms with van der Waals surface area (Å²) in [6, 6.07) is 0. The SMILES string of the molecule is CS[C@@H]1[C@@H](Cl)[C@H](O)C[C@@H]1O. The molecule has 1 saturated carbocycles. The lowest BCUT2D eigenvalue weighted by Crippen LogP contribution is -2.24. The molecule has 2 nitrogen and oxygen atoms in total. The van der Waals surface area contributed by atoms with E-state index in [1.54, 1.807) is 0 Å². The normalized spacial score (nSPS) is 48.0. The maximum Gasteiger partial charge on any atom is 0.0740 e. The molecule has 0 unspecified atom stereocenters. The zero-order valence-corrected chi connectivity index (χ0v) is 7.27. The van der Waals surface area contributed by atoms with E-state index in [2.05, 4.69) is 0 Å². The van der Waals surface area contributed by atoms with Gasteiger partial charge in [-0.05, 0) is 6.26 Å². The van der Waals surface area contributed by atoms with E-state index in [1.165, 1.54) is 11.8 Å². The number of aliphatic hydroxyl groups excluding tert-OH is 2. The summed E-state index contributed by atoms with van der Waals surface area (Å²) < 4.78 is 0. The third-order valence-electron chi connectivity index (χ3n) is 1.82. The lowest BCUT2D eigenvalue weighted by atomic mass is 10.3. The Labute approximate surface area is 69.6 Å². The van der Waals surface area contributed by atoms with Crippen LogP contribution >= 0.6 is 23.4 Å². The topological polar surface area (TPSA) is 40.5 Å². The molecular formula is C6H11ClO2S. The van der Waals surface area contributed by atoms with Crippen LogP contribution < -0.4 is 0 Å². The fourth-order valence-corrected chi connectivity index (χ4v) is 2.68. The van der Waals surface area contributed by atoms with Gasteiger partial charge in [-0.15, -0.1) is 11.6 Å². The first-order valence-electron chi connectivity index (χ1n) is 3.20. The number of aliphatic hydroxyl groups is 2. The van der Waals surface area contributed by atoms with E-state index in [1.807, 2.05) is 6.26 Å². The fraction of sp³-hybridized carbons (Fsp3) is 1.00. The molecule has 0 spiro atoms. The Morgan fingerprint density at radius 1 is 1.40 bits per heavy atom. The molecule has 0 bridgehead atoms. The van der Waals surface area contributed by atoms with Gasteiger partial charge in [0.25, 0.3) is 0 Å². The first-order valence-corrected chi connectivity index (χ1v) is 4.92. The summed E-state index contributed by atoms with van der Waals surface area (Å²) in [5, 5.41) is 18.1. The van der Waals surface area contributed by atoms with Crippen LogP contribution in [-0.2, 0) is 0 Å². The van der Waals surface area contributed by atoms with Crippen molar-refractivity contribution in [1.29, 1.82) is 0 Å². The molecule has 0 aromatic rings. The van der Waals surface area contributed by atoms with Gasteiger partial charge in [-0.25, -0.2) is 0 Å². The third-order valence-corrected chi connectivity index (χ3v) is 3.68. The summed E-state index contributed by atoms with van der Waals surface area (Å²) >= 11 is 7.30. The Morgan fingerprint density at radius 2 is 2.00 bits per heavy atom. The molecule has 1 aliphatic carbocycles. The third kappa shape index (κ3) is 1.42. The highest BCUT2D eigenvalue weighted by atomic mass is 35.5. The van der Waals surface area contributed by atoms with Gasteiger partial charge in [0.15, 0.2) is 0 Å². The van der Waals surface area contributed by atoms with Crippen LogP contribution in [-0.4, -0.2) is 39.3 Å². The largest absolute Gasteiger partial charge is 0.392 e. The minimum Gasteiger partial charge on any atom is -0.392 e. The smallest absolute Gasteiger partial charge is 0.0740 e. The van der Waals surface area contributed by atoms with E-state index in [9.17, 15) is 5.11 Å². The number of hydrogen-bond acceptors (Lipinski definition) is 3. The Kier molecular flexibility index (Phi) is 2.86. The van der Waals surface area contributed by atoms with Crippen molar-refractivity contribution in [3.05, 3.63) is 0 Å². The van der Waals surface area contributed by atoms with E-state index < -0.39 is 12.2 Å². The number of hydrogen-bond donors (Lipinski definition) is 2. The molecule has 1 fully saturated rings. The molecule has 1 aliphatic rings. The van der Waals surface area contributed by atoms with Crippen molar-refractivity contribution < 1.29 is 10.2 Å². The first kappa shape index (κ1) is 8.65. The van der Waals surface area contributed by atoms with E-state index in [0.717, 1.165) is 0 Å². The molecule has 0 radical (unpaired) electrons. The molecule has 4 heteroatoms. The predicted molar refractivity (Wildman–Crippen MR) is 43.6 cm³/mol. The van der Waals surface area contributed by atoms with Crippen molar-refractivity contribution in [3.8, 4) is 0 Å². The monoisotopic (exact) mass is 182 g/mol. The highest BCUT2D eigenvalue weighted by Crippen LogP contribution is 2.32. The number of rotatable bonds is 1. The zero-order chi connectivity index (χ0) is 7.72. The number of alkyl halides is 1. The summed E-state index contributed by atoms with van der Waals surface area (Å²) in [5.74, 6) is 0. The van der Waals surface area contributed by atoms with Crippen LogP contribution in [0.3, 0.4) is 0 Å². The molecule has 10 heavy (non-hydrogen) atoms. The van der Waals surface area contributed by atoms with Crippen molar-refractivity contribution in [3.63, 3.8) is 0 Å². The summed E-state index contributed by atoms with van der Waals surface area (Å²) in [6.07, 6.45) is 1.34. The van der Waals surface area contributed by atoms with E-state index in [-0.39, 0.29) is 10.6 Å². The van der Waals surface area contributed by atoms with Gasteiger partial charge in [0.2, 0.25) is 0 Å². The van der Waals surface area contributed by atoms with Crippen molar-refractivity contribution >= 4 is 23.4 Å². The summed E-state index contributed by atoms with van der Waals surface area (Å²) in [5.41, 5.74) is 0. The average Bonchev–Trinajstić information content (AvgIpc) is 2.09. The maximum absolute atomic E-state index is 9.26. The van der Waals surface area contributed by atoms with Crippen LogP contribution in [0.25, 0.3) is 0 Å². The molecule has 4 atom stereocenters. The van der Waals surface area contributed by atoms with Gasteiger partial charge in [-0.3, -0.25) is 0 Å². The molecule has 0 aromatic heterocycles. The second-order valence-electron chi connectivity index (χ2n) is 2.52. The van der Waals surface area contributed by atoms with Crippen LogP contribution in [0.5, 0.6) is 0 Å². The molecule has 0 saturated heterocycles. The average molecular weight is 183 g/mol. The fourth-order valence-electron chi connectivity index (χ4n) is 1.23. The van der Waals surface area contributed by atoms with Gasteiger partial charge in [-0.1, -0.05) is 0 Å². The van der Waals surface area contributed by atoms with Gasteiger partial charge < -0.3 is 10.2 Å². The van der Waals surface area contributed by atoms with E-state index in [4.69, 9.17) is 16.7 Å². The van der Waals surface area contributed by atoms with Crippen molar-refractivity contribution in [2.24, 2.45) is 0 Å².